The third-order valence-corrected chi connectivity index (χ3v) is 3.52. The summed E-state index contributed by atoms with van der Waals surface area (Å²) in [5, 5.41) is 15.2. The van der Waals surface area contributed by atoms with E-state index in [1.165, 1.54) is 0 Å². The number of fused-ring (bicyclic) bond motifs is 1. The van der Waals surface area contributed by atoms with Crippen LogP contribution in [0.4, 0.5) is 11.4 Å². The Bertz CT molecular complexity index is 639. The molecule has 1 aliphatic rings. The van der Waals surface area contributed by atoms with Gasteiger partial charge in [-0.1, -0.05) is 0 Å². The number of nitrogens with zero attached hydrogens (tertiary/aromatic N) is 2. The predicted octanol–water partition coefficient (Wildman–Crippen LogP) is 2.73. The van der Waals surface area contributed by atoms with Crippen molar-refractivity contribution in [3.8, 4) is 0 Å². The van der Waals surface area contributed by atoms with Gasteiger partial charge in [-0.15, -0.1) is 0 Å². The van der Waals surface area contributed by atoms with Gasteiger partial charge >= 0.3 is 5.69 Å². The van der Waals surface area contributed by atoms with Crippen LogP contribution in [0.2, 0.25) is 0 Å². The van der Waals surface area contributed by atoms with Crippen molar-refractivity contribution in [3.63, 3.8) is 0 Å². The van der Waals surface area contributed by atoms with Gasteiger partial charge in [-0.2, -0.15) is 0 Å². The van der Waals surface area contributed by atoms with Crippen LogP contribution in [-0.2, 0) is 4.74 Å². The molecular weight excluding hydrogens is 258 g/mol. The molecule has 2 heterocycles. The molecule has 20 heavy (non-hydrogen) atoms. The molecule has 1 aromatic heterocycles. The van der Waals surface area contributed by atoms with Crippen molar-refractivity contribution in [1.29, 1.82) is 0 Å². The third-order valence-electron chi connectivity index (χ3n) is 3.52. The Kier molecular flexibility index (Phi) is 3.47. The standard InChI is InChI=1S/C14H15N3O3/c18-17(19)14-11-2-1-7-15-12(11)3-4-13(14)16-10-5-8-20-9-6-10/h1-4,7,10,16H,5-6,8-9H2. The highest BCUT2D eigenvalue weighted by Gasteiger charge is 2.22. The number of hydrogen-bond donors (Lipinski definition) is 1. The van der Waals surface area contributed by atoms with Gasteiger partial charge in [-0.3, -0.25) is 15.1 Å². The van der Waals surface area contributed by atoms with E-state index in [0.29, 0.717) is 29.8 Å². The van der Waals surface area contributed by atoms with Crippen LogP contribution in [0.15, 0.2) is 30.5 Å². The van der Waals surface area contributed by atoms with E-state index in [9.17, 15) is 10.1 Å². The number of nitro groups is 1. The lowest BCUT2D eigenvalue weighted by Gasteiger charge is -2.24. The van der Waals surface area contributed by atoms with Crippen molar-refractivity contribution in [2.75, 3.05) is 18.5 Å². The number of nitro benzene ring substituents is 1. The molecular formula is C14H15N3O3. The predicted molar refractivity (Wildman–Crippen MR) is 75.9 cm³/mol. The Hall–Kier alpha value is -2.21. The van der Waals surface area contributed by atoms with Gasteiger partial charge in [-0.25, -0.2) is 0 Å². The number of anilines is 1. The summed E-state index contributed by atoms with van der Waals surface area (Å²) >= 11 is 0. The SMILES string of the molecule is O=[N+]([O-])c1c(NC2CCOCC2)ccc2ncccc12. The van der Waals surface area contributed by atoms with E-state index in [-0.39, 0.29) is 16.7 Å². The number of hydrogen-bond acceptors (Lipinski definition) is 5. The summed E-state index contributed by atoms with van der Waals surface area (Å²) in [6.07, 6.45) is 3.36. The minimum atomic E-state index is -0.342. The number of pyridine rings is 1. The molecule has 2 aromatic rings. The lowest BCUT2D eigenvalue weighted by atomic mass is 10.1. The lowest BCUT2D eigenvalue weighted by molar-refractivity contribution is -0.382. The van der Waals surface area contributed by atoms with E-state index < -0.39 is 0 Å². The Balaban J connectivity index is 2.01. The summed E-state index contributed by atoms with van der Waals surface area (Å²) in [6, 6.07) is 7.22. The van der Waals surface area contributed by atoms with Crippen LogP contribution in [-0.4, -0.2) is 29.2 Å². The molecule has 3 rings (SSSR count). The maximum atomic E-state index is 11.4. The lowest BCUT2D eigenvalue weighted by Crippen LogP contribution is -2.28. The van der Waals surface area contributed by atoms with Crippen LogP contribution in [0.25, 0.3) is 10.9 Å². The Labute approximate surface area is 115 Å². The molecule has 104 valence electrons. The number of benzene rings is 1. The van der Waals surface area contributed by atoms with E-state index >= 15 is 0 Å². The minimum Gasteiger partial charge on any atom is -0.381 e. The minimum absolute atomic E-state index is 0.0992. The van der Waals surface area contributed by atoms with E-state index in [4.69, 9.17) is 4.74 Å². The zero-order valence-corrected chi connectivity index (χ0v) is 10.9. The smallest absolute Gasteiger partial charge is 0.301 e. The van der Waals surface area contributed by atoms with Crippen LogP contribution in [0.5, 0.6) is 0 Å². The maximum absolute atomic E-state index is 11.4. The summed E-state index contributed by atoms with van der Waals surface area (Å²) in [7, 11) is 0. The molecule has 1 fully saturated rings. The highest BCUT2D eigenvalue weighted by molar-refractivity contribution is 5.94. The van der Waals surface area contributed by atoms with Crippen molar-refractivity contribution >= 4 is 22.3 Å². The molecule has 0 bridgehead atoms. The molecule has 1 saturated heterocycles. The van der Waals surface area contributed by atoms with Crippen molar-refractivity contribution < 1.29 is 9.66 Å². The summed E-state index contributed by atoms with van der Waals surface area (Å²) in [4.78, 5) is 15.2. The third kappa shape index (κ3) is 2.42. The molecule has 1 N–H and O–H groups in total. The first-order chi connectivity index (χ1) is 9.75. The molecule has 1 aliphatic heterocycles. The Morgan fingerprint density at radius 1 is 1.30 bits per heavy atom. The van der Waals surface area contributed by atoms with Crippen LogP contribution in [0.1, 0.15) is 12.8 Å². The zero-order chi connectivity index (χ0) is 13.9. The van der Waals surface area contributed by atoms with Gasteiger partial charge in [0.2, 0.25) is 0 Å². The molecule has 0 saturated carbocycles. The molecule has 6 heteroatoms. The fraction of sp³-hybridized carbons (Fsp3) is 0.357. The van der Waals surface area contributed by atoms with Crippen LogP contribution >= 0.6 is 0 Å². The van der Waals surface area contributed by atoms with Crippen LogP contribution < -0.4 is 5.32 Å². The monoisotopic (exact) mass is 273 g/mol. The second kappa shape index (κ2) is 5.42. The average molecular weight is 273 g/mol. The van der Waals surface area contributed by atoms with Crippen molar-refractivity contribution in [1.82, 2.24) is 4.98 Å². The molecule has 0 spiro atoms. The summed E-state index contributed by atoms with van der Waals surface area (Å²) in [6.45, 7) is 1.39. The fourth-order valence-corrected chi connectivity index (χ4v) is 2.51. The quantitative estimate of drug-likeness (QED) is 0.687. The summed E-state index contributed by atoms with van der Waals surface area (Å²) < 4.78 is 5.30. The van der Waals surface area contributed by atoms with Gasteiger partial charge < -0.3 is 10.1 Å². The molecule has 0 unspecified atom stereocenters. The second-order valence-electron chi connectivity index (χ2n) is 4.82. The van der Waals surface area contributed by atoms with Gasteiger partial charge in [0.1, 0.15) is 5.69 Å². The van der Waals surface area contributed by atoms with E-state index in [2.05, 4.69) is 10.3 Å². The largest absolute Gasteiger partial charge is 0.381 e. The Morgan fingerprint density at radius 3 is 2.85 bits per heavy atom. The number of ether oxygens (including phenoxy) is 1. The van der Waals surface area contributed by atoms with Gasteiger partial charge in [0, 0.05) is 25.5 Å². The van der Waals surface area contributed by atoms with Crippen molar-refractivity contribution in [3.05, 3.63) is 40.6 Å². The molecule has 1 aromatic carbocycles. The molecule has 0 aliphatic carbocycles. The van der Waals surface area contributed by atoms with E-state index in [0.717, 1.165) is 12.8 Å². The topological polar surface area (TPSA) is 77.3 Å². The highest BCUT2D eigenvalue weighted by Crippen LogP contribution is 2.33. The first-order valence-corrected chi connectivity index (χ1v) is 6.62. The number of rotatable bonds is 3. The molecule has 0 atom stereocenters. The maximum Gasteiger partial charge on any atom is 0.301 e. The highest BCUT2D eigenvalue weighted by atomic mass is 16.6. The second-order valence-corrected chi connectivity index (χ2v) is 4.82. The average Bonchev–Trinajstić information content (AvgIpc) is 2.47. The van der Waals surface area contributed by atoms with Gasteiger partial charge in [0.15, 0.2) is 0 Å². The first-order valence-electron chi connectivity index (χ1n) is 6.62. The normalized spacial score (nSPS) is 16.2. The fourth-order valence-electron chi connectivity index (χ4n) is 2.51. The molecule has 0 amide bonds. The molecule has 6 nitrogen and oxygen atoms in total. The first kappa shape index (κ1) is 12.8. The van der Waals surface area contributed by atoms with Crippen molar-refractivity contribution in [2.24, 2.45) is 0 Å². The van der Waals surface area contributed by atoms with Crippen molar-refractivity contribution in [2.45, 2.75) is 18.9 Å². The Morgan fingerprint density at radius 2 is 2.10 bits per heavy atom. The van der Waals surface area contributed by atoms with Crippen LogP contribution in [0, 0.1) is 10.1 Å². The van der Waals surface area contributed by atoms with Gasteiger partial charge in [0.05, 0.1) is 15.8 Å². The zero-order valence-electron chi connectivity index (χ0n) is 10.9. The van der Waals surface area contributed by atoms with Gasteiger partial charge in [0.25, 0.3) is 0 Å². The number of nitrogens with one attached hydrogen (secondary N) is 1. The number of aromatic nitrogens is 1. The van der Waals surface area contributed by atoms with Crippen LogP contribution in [0.3, 0.4) is 0 Å². The summed E-state index contributed by atoms with van der Waals surface area (Å²) in [5.41, 5.74) is 1.29. The molecule has 0 radical (unpaired) electrons. The van der Waals surface area contributed by atoms with E-state index in [1.54, 1.807) is 24.4 Å². The van der Waals surface area contributed by atoms with Gasteiger partial charge in [-0.05, 0) is 37.1 Å². The van der Waals surface area contributed by atoms with E-state index in [1.807, 2.05) is 6.07 Å². The summed E-state index contributed by atoms with van der Waals surface area (Å²) in [5.74, 6) is 0.